The maximum Gasteiger partial charge on any atom is 0.0471 e. The third-order valence-corrected chi connectivity index (χ3v) is 4.10. The molecule has 0 spiro atoms. The zero-order chi connectivity index (χ0) is 13.5. The second kappa shape index (κ2) is 7.34. The van der Waals surface area contributed by atoms with Crippen molar-refractivity contribution in [2.24, 2.45) is 5.92 Å². The van der Waals surface area contributed by atoms with Crippen LogP contribution in [0.2, 0.25) is 0 Å². The number of anilines is 1. The van der Waals surface area contributed by atoms with E-state index in [2.05, 4.69) is 42.2 Å². The fourth-order valence-electron chi connectivity index (χ4n) is 2.95. The molecule has 19 heavy (non-hydrogen) atoms. The average molecular weight is 259 g/mol. The predicted octanol–water partition coefficient (Wildman–Crippen LogP) is 3.77. The van der Waals surface area contributed by atoms with Crippen LogP contribution in [0.25, 0.3) is 0 Å². The monoisotopic (exact) mass is 259 g/mol. The Labute approximate surface area is 116 Å². The Morgan fingerprint density at radius 2 is 1.89 bits per heavy atom. The molecule has 1 saturated carbocycles. The van der Waals surface area contributed by atoms with Gasteiger partial charge in [-0.25, -0.2) is 0 Å². The van der Waals surface area contributed by atoms with E-state index in [0.29, 0.717) is 6.04 Å². The lowest BCUT2D eigenvalue weighted by atomic mass is 9.84. The van der Waals surface area contributed by atoms with Gasteiger partial charge < -0.3 is 10.4 Å². The van der Waals surface area contributed by atoms with Crippen molar-refractivity contribution in [1.29, 1.82) is 0 Å². The molecular formula is C17H25NO. The summed E-state index contributed by atoms with van der Waals surface area (Å²) in [5, 5.41) is 12.5. The first-order valence-corrected chi connectivity index (χ1v) is 7.42. The van der Waals surface area contributed by atoms with Gasteiger partial charge in [0.1, 0.15) is 0 Å². The summed E-state index contributed by atoms with van der Waals surface area (Å²) in [5.41, 5.74) is 2.33. The van der Waals surface area contributed by atoms with Crippen LogP contribution in [-0.4, -0.2) is 17.8 Å². The first kappa shape index (κ1) is 14.1. The number of hydrogen-bond donors (Lipinski definition) is 2. The maximum atomic E-state index is 8.91. The summed E-state index contributed by atoms with van der Waals surface area (Å²) in [5.74, 6) is 0.725. The maximum absolute atomic E-state index is 8.91. The Balaban J connectivity index is 1.95. The molecule has 1 aliphatic rings. The highest BCUT2D eigenvalue weighted by Gasteiger charge is 2.20. The topological polar surface area (TPSA) is 32.3 Å². The molecule has 1 atom stereocenters. The lowest BCUT2D eigenvalue weighted by molar-refractivity contribution is 0.299. The molecule has 1 aliphatic carbocycles. The molecule has 0 bridgehead atoms. The highest BCUT2D eigenvalue weighted by atomic mass is 16.2. The van der Waals surface area contributed by atoms with Crippen LogP contribution in [0.4, 0.5) is 5.69 Å². The number of hydrogen-bond acceptors (Lipinski definition) is 2. The van der Waals surface area contributed by atoms with Crippen molar-refractivity contribution in [3.8, 4) is 0 Å². The van der Waals surface area contributed by atoms with E-state index >= 15 is 0 Å². The minimum atomic E-state index is 0.212. The molecule has 0 saturated heterocycles. The van der Waals surface area contributed by atoms with E-state index in [9.17, 15) is 0 Å². The van der Waals surface area contributed by atoms with Crippen molar-refractivity contribution in [2.45, 2.75) is 44.6 Å². The summed E-state index contributed by atoms with van der Waals surface area (Å²) in [7, 11) is 0. The standard InChI is InChI=1S/C17H25NO/c1-2-17(15-6-4-3-5-7-15)18-16-10-8-14(9-11-16)12-13-19/h2,8-11,15,17-19H,1,3-7,12-13H2/t17-/m1/s1. The van der Waals surface area contributed by atoms with Crippen molar-refractivity contribution in [1.82, 2.24) is 0 Å². The molecule has 0 unspecified atom stereocenters. The zero-order valence-corrected chi connectivity index (χ0v) is 11.6. The molecule has 0 heterocycles. The van der Waals surface area contributed by atoms with Gasteiger partial charge in [-0.3, -0.25) is 0 Å². The summed E-state index contributed by atoms with van der Waals surface area (Å²) < 4.78 is 0. The molecule has 2 rings (SSSR count). The van der Waals surface area contributed by atoms with Gasteiger partial charge in [0.05, 0.1) is 0 Å². The quantitative estimate of drug-likeness (QED) is 0.762. The van der Waals surface area contributed by atoms with Gasteiger partial charge in [0.15, 0.2) is 0 Å². The van der Waals surface area contributed by atoms with Crippen LogP contribution in [0.1, 0.15) is 37.7 Å². The third-order valence-electron chi connectivity index (χ3n) is 4.10. The lowest BCUT2D eigenvalue weighted by Crippen LogP contribution is -2.28. The minimum absolute atomic E-state index is 0.212. The second-order valence-electron chi connectivity index (χ2n) is 5.47. The number of rotatable bonds is 6. The van der Waals surface area contributed by atoms with Gasteiger partial charge in [0.2, 0.25) is 0 Å². The van der Waals surface area contributed by atoms with Crippen LogP contribution in [0.3, 0.4) is 0 Å². The molecule has 2 nitrogen and oxygen atoms in total. The number of aliphatic hydroxyl groups is 1. The van der Waals surface area contributed by atoms with Crippen LogP contribution >= 0.6 is 0 Å². The van der Waals surface area contributed by atoms with Gasteiger partial charge in [-0.1, -0.05) is 37.5 Å². The smallest absolute Gasteiger partial charge is 0.0471 e. The number of aliphatic hydroxyl groups excluding tert-OH is 1. The van der Waals surface area contributed by atoms with Crippen molar-refractivity contribution in [3.63, 3.8) is 0 Å². The Hall–Kier alpha value is -1.28. The van der Waals surface area contributed by atoms with Gasteiger partial charge >= 0.3 is 0 Å². The average Bonchev–Trinajstić information content (AvgIpc) is 2.48. The van der Waals surface area contributed by atoms with Gasteiger partial charge in [-0.15, -0.1) is 6.58 Å². The van der Waals surface area contributed by atoms with Gasteiger partial charge in [0, 0.05) is 18.3 Å². The lowest BCUT2D eigenvalue weighted by Gasteiger charge is -2.29. The van der Waals surface area contributed by atoms with Crippen LogP contribution in [0, 0.1) is 5.92 Å². The summed E-state index contributed by atoms with van der Waals surface area (Å²) >= 11 is 0. The third kappa shape index (κ3) is 4.10. The van der Waals surface area contributed by atoms with Crippen molar-refractivity contribution in [2.75, 3.05) is 11.9 Å². The molecular weight excluding hydrogens is 234 g/mol. The van der Waals surface area contributed by atoms with Crippen LogP contribution in [0.15, 0.2) is 36.9 Å². The molecule has 0 amide bonds. The summed E-state index contributed by atoms with van der Waals surface area (Å²) in [6.07, 6.45) is 9.50. The Morgan fingerprint density at radius 3 is 2.47 bits per heavy atom. The van der Waals surface area contributed by atoms with Crippen molar-refractivity contribution in [3.05, 3.63) is 42.5 Å². The van der Waals surface area contributed by atoms with Crippen LogP contribution in [-0.2, 0) is 6.42 Å². The van der Waals surface area contributed by atoms with Gasteiger partial charge in [-0.05, 0) is 42.9 Å². The first-order valence-electron chi connectivity index (χ1n) is 7.42. The molecule has 1 fully saturated rings. The number of benzene rings is 1. The largest absolute Gasteiger partial charge is 0.396 e. The van der Waals surface area contributed by atoms with Gasteiger partial charge in [0.25, 0.3) is 0 Å². The molecule has 0 aromatic heterocycles. The highest BCUT2D eigenvalue weighted by molar-refractivity contribution is 5.46. The molecule has 104 valence electrons. The fourth-order valence-corrected chi connectivity index (χ4v) is 2.95. The van der Waals surface area contributed by atoms with Crippen molar-refractivity contribution >= 4 is 5.69 Å². The molecule has 2 N–H and O–H groups in total. The fraction of sp³-hybridized carbons (Fsp3) is 0.529. The van der Waals surface area contributed by atoms with Crippen molar-refractivity contribution < 1.29 is 5.11 Å². The minimum Gasteiger partial charge on any atom is -0.396 e. The van der Waals surface area contributed by atoms with E-state index in [4.69, 9.17) is 5.11 Å². The molecule has 1 aromatic rings. The van der Waals surface area contributed by atoms with E-state index in [0.717, 1.165) is 18.0 Å². The van der Waals surface area contributed by atoms with E-state index < -0.39 is 0 Å². The highest BCUT2D eigenvalue weighted by Crippen LogP contribution is 2.28. The predicted molar refractivity (Wildman–Crippen MR) is 81.4 cm³/mol. The summed E-state index contributed by atoms with van der Waals surface area (Å²) in [6.45, 7) is 4.20. The Morgan fingerprint density at radius 1 is 1.21 bits per heavy atom. The molecule has 0 radical (unpaired) electrons. The van der Waals surface area contributed by atoms with Crippen LogP contribution in [0.5, 0.6) is 0 Å². The Kier molecular flexibility index (Phi) is 5.46. The zero-order valence-electron chi connectivity index (χ0n) is 11.6. The van der Waals surface area contributed by atoms with Gasteiger partial charge in [-0.2, -0.15) is 0 Å². The van der Waals surface area contributed by atoms with E-state index in [-0.39, 0.29) is 6.61 Å². The Bertz CT molecular complexity index is 379. The first-order chi connectivity index (χ1) is 9.33. The molecule has 1 aromatic carbocycles. The summed E-state index contributed by atoms with van der Waals surface area (Å²) in [4.78, 5) is 0. The summed E-state index contributed by atoms with van der Waals surface area (Å²) in [6, 6.07) is 8.75. The van der Waals surface area contributed by atoms with E-state index in [1.54, 1.807) is 0 Å². The van der Waals surface area contributed by atoms with Crippen LogP contribution < -0.4 is 5.32 Å². The normalized spacial score (nSPS) is 17.9. The number of nitrogens with one attached hydrogen (secondary N) is 1. The second-order valence-corrected chi connectivity index (χ2v) is 5.47. The van der Waals surface area contributed by atoms with E-state index in [1.165, 1.54) is 37.7 Å². The molecule has 2 heteroatoms. The molecule has 0 aliphatic heterocycles. The van der Waals surface area contributed by atoms with E-state index in [1.807, 2.05) is 0 Å². The SMILES string of the molecule is C=C[C@@H](Nc1ccc(CCO)cc1)C1CCCCC1.